The molecule has 17 heavy (non-hydrogen) atoms. The van der Waals surface area contributed by atoms with Crippen molar-refractivity contribution >= 4 is 7.12 Å². The third kappa shape index (κ3) is 11.5. The van der Waals surface area contributed by atoms with Gasteiger partial charge in [0.05, 0.1) is 0 Å². The fraction of sp³-hybridized carbons (Fsp3) is 0.714. The number of hydrogen-bond acceptors (Lipinski definition) is 2. The van der Waals surface area contributed by atoms with Crippen LogP contribution in [-0.2, 0) is 9.31 Å². The summed E-state index contributed by atoms with van der Waals surface area (Å²) in [6.07, 6.45) is 6.43. The van der Waals surface area contributed by atoms with Crippen LogP contribution in [0.5, 0.6) is 0 Å². The molecule has 0 saturated carbocycles. The molecule has 0 spiro atoms. The molecule has 0 aromatic carbocycles. The van der Waals surface area contributed by atoms with Crippen LogP contribution in [0, 0.1) is 11.7 Å². The van der Waals surface area contributed by atoms with Gasteiger partial charge in [-0.2, -0.15) is 0 Å². The molecule has 0 heterocycles. The highest BCUT2D eigenvalue weighted by Gasteiger charge is 2.18. The maximum atomic E-state index is 5.58. The second kappa shape index (κ2) is 10.4. The number of rotatable bonds is 8. The zero-order valence-corrected chi connectivity index (χ0v) is 11.7. The van der Waals surface area contributed by atoms with Crippen molar-refractivity contribution in [3.05, 3.63) is 12.7 Å². The summed E-state index contributed by atoms with van der Waals surface area (Å²) in [6, 6.07) is 0. The molecule has 0 N–H and O–H groups in total. The van der Waals surface area contributed by atoms with Gasteiger partial charge in [0.25, 0.3) is 0 Å². The molecule has 0 bridgehead atoms. The molecule has 0 aliphatic rings. The van der Waals surface area contributed by atoms with Crippen molar-refractivity contribution in [2.45, 2.75) is 65.6 Å². The van der Waals surface area contributed by atoms with E-state index in [0.29, 0.717) is 0 Å². The van der Waals surface area contributed by atoms with E-state index in [9.17, 15) is 0 Å². The molecule has 0 aliphatic heterocycles. The van der Waals surface area contributed by atoms with E-state index < -0.39 is 7.12 Å². The van der Waals surface area contributed by atoms with Gasteiger partial charge in [-0.15, -0.1) is 12.5 Å². The quantitative estimate of drug-likeness (QED) is 0.277. The Morgan fingerprint density at radius 1 is 1.12 bits per heavy atom. The predicted octanol–water partition coefficient (Wildman–Crippen LogP) is 3.61. The lowest BCUT2D eigenvalue weighted by Crippen LogP contribution is -2.28. The number of unbranched alkanes of at least 4 members (excludes halogenated alkanes) is 3. The van der Waals surface area contributed by atoms with E-state index in [-0.39, 0.29) is 12.2 Å². The summed E-state index contributed by atoms with van der Waals surface area (Å²) in [4.78, 5) is 0. The van der Waals surface area contributed by atoms with E-state index >= 15 is 0 Å². The molecule has 0 fully saturated rings. The number of allylic oxidation sites excluding steroid dienone is 1. The van der Waals surface area contributed by atoms with Gasteiger partial charge in [0.1, 0.15) is 0 Å². The van der Waals surface area contributed by atoms with Crippen molar-refractivity contribution in [1.29, 1.82) is 0 Å². The molecule has 0 aliphatic carbocycles. The molecule has 0 unspecified atom stereocenters. The first-order valence-electron chi connectivity index (χ1n) is 6.46. The van der Waals surface area contributed by atoms with Gasteiger partial charge in [-0.1, -0.05) is 11.9 Å². The van der Waals surface area contributed by atoms with Gasteiger partial charge in [0.2, 0.25) is 0 Å². The summed E-state index contributed by atoms with van der Waals surface area (Å²) in [7, 11) is -0.394. The third-order valence-corrected chi connectivity index (χ3v) is 1.97. The van der Waals surface area contributed by atoms with E-state index in [1.165, 1.54) is 0 Å². The highest BCUT2D eigenvalue weighted by Crippen LogP contribution is 2.01. The van der Waals surface area contributed by atoms with E-state index in [4.69, 9.17) is 9.31 Å². The Balaban J connectivity index is 3.95. The normalized spacial score (nSPS) is 10.2. The van der Waals surface area contributed by atoms with Crippen LogP contribution in [0.4, 0.5) is 0 Å². The van der Waals surface area contributed by atoms with Crippen LogP contribution < -0.4 is 0 Å². The summed E-state index contributed by atoms with van der Waals surface area (Å²) in [5.74, 6) is 6.16. The molecule has 96 valence electrons. The zero-order chi connectivity index (χ0) is 13.1. The molecule has 0 rings (SSSR count). The Morgan fingerprint density at radius 2 is 1.71 bits per heavy atom. The molecule has 0 saturated heterocycles. The molecule has 0 aromatic heterocycles. The first-order chi connectivity index (χ1) is 8.06. The first-order valence-corrected chi connectivity index (χ1v) is 6.46. The van der Waals surface area contributed by atoms with Crippen molar-refractivity contribution in [3.8, 4) is 11.7 Å². The Bertz CT molecular complexity index is 241. The molecular weight excluding hydrogens is 211 g/mol. The van der Waals surface area contributed by atoms with Crippen LogP contribution in [-0.4, -0.2) is 19.3 Å². The SMILES string of the molecule is C=CCCCCC#CB(OC(C)C)OC(C)C. The smallest absolute Gasteiger partial charge is 0.398 e. The standard InChI is InChI=1S/C14H25BO2/c1-6-7-8-9-10-11-12-15(16-13(2)3)17-14(4)5/h6,13-14H,1,7-10H2,2-5H3. The lowest BCUT2D eigenvalue weighted by Gasteiger charge is -2.14. The molecule has 0 radical (unpaired) electrons. The zero-order valence-electron chi connectivity index (χ0n) is 11.7. The fourth-order valence-electron chi connectivity index (χ4n) is 1.25. The van der Waals surface area contributed by atoms with Gasteiger partial charge in [-0.05, 0) is 47.0 Å². The summed E-state index contributed by atoms with van der Waals surface area (Å²) < 4.78 is 11.2. The predicted molar refractivity (Wildman–Crippen MR) is 74.6 cm³/mol. The van der Waals surface area contributed by atoms with E-state index in [1.807, 2.05) is 33.8 Å². The van der Waals surface area contributed by atoms with Crippen LogP contribution in [0.1, 0.15) is 53.4 Å². The molecular formula is C14H25BO2. The second-order valence-electron chi connectivity index (χ2n) is 4.56. The summed E-state index contributed by atoms with van der Waals surface area (Å²) in [6.45, 7) is 11.7. The minimum atomic E-state index is -0.394. The van der Waals surface area contributed by atoms with Crippen LogP contribution in [0.2, 0.25) is 0 Å². The maximum absolute atomic E-state index is 5.58. The Hall–Kier alpha value is -0.715. The minimum Gasteiger partial charge on any atom is -0.398 e. The van der Waals surface area contributed by atoms with E-state index in [1.54, 1.807) is 0 Å². The van der Waals surface area contributed by atoms with E-state index in [0.717, 1.165) is 25.7 Å². The summed E-state index contributed by atoms with van der Waals surface area (Å²) >= 11 is 0. The minimum absolute atomic E-state index is 0.133. The van der Waals surface area contributed by atoms with E-state index in [2.05, 4.69) is 18.3 Å². The highest BCUT2D eigenvalue weighted by atomic mass is 16.6. The summed E-state index contributed by atoms with van der Waals surface area (Å²) in [5, 5.41) is 0. The third-order valence-electron chi connectivity index (χ3n) is 1.97. The van der Waals surface area contributed by atoms with Crippen LogP contribution in [0.15, 0.2) is 12.7 Å². The molecule has 2 nitrogen and oxygen atoms in total. The van der Waals surface area contributed by atoms with Gasteiger partial charge in [-0.25, -0.2) is 0 Å². The van der Waals surface area contributed by atoms with Crippen molar-refractivity contribution in [1.82, 2.24) is 0 Å². The highest BCUT2D eigenvalue weighted by molar-refractivity contribution is 6.54. The molecule has 3 heteroatoms. The fourth-order valence-corrected chi connectivity index (χ4v) is 1.25. The lowest BCUT2D eigenvalue weighted by molar-refractivity contribution is 0.140. The molecule has 0 aromatic rings. The van der Waals surface area contributed by atoms with Crippen molar-refractivity contribution < 1.29 is 9.31 Å². The van der Waals surface area contributed by atoms with Crippen molar-refractivity contribution in [2.75, 3.05) is 0 Å². The Morgan fingerprint density at radius 3 is 2.18 bits per heavy atom. The average Bonchev–Trinajstić information content (AvgIpc) is 2.21. The van der Waals surface area contributed by atoms with Crippen molar-refractivity contribution in [3.63, 3.8) is 0 Å². The maximum Gasteiger partial charge on any atom is 0.550 e. The van der Waals surface area contributed by atoms with Crippen LogP contribution in [0.25, 0.3) is 0 Å². The van der Waals surface area contributed by atoms with Crippen LogP contribution in [0.3, 0.4) is 0 Å². The second-order valence-corrected chi connectivity index (χ2v) is 4.56. The largest absolute Gasteiger partial charge is 0.550 e. The number of hydrogen-bond donors (Lipinski definition) is 0. The lowest BCUT2D eigenvalue weighted by atomic mass is 9.90. The van der Waals surface area contributed by atoms with Gasteiger partial charge in [0, 0.05) is 18.6 Å². The van der Waals surface area contributed by atoms with Gasteiger partial charge >= 0.3 is 7.12 Å². The van der Waals surface area contributed by atoms with Gasteiger partial charge in [0.15, 0.2) is 0 Å². The Kier molecular flexibility index (Phi) is 10.0. The topological polar surface area (TPSA) is 18.5 Å². The van der Waals surface area contributed by atoms with Crippen molar-refractivity contribution in [2.24, 2.45) is 0 Å². The first kappa shape index (κ1) is 16.3. The molecule has 0 atom stereocenters. The van der Waals surface area contributed by atoms with Gasteiger partial charge < -0.3 is 9.31 Å². The molecule has 0 amide bonds. The average molecular weight is 236 g/mol. The van der Waals surface area contributed by atoms with Gasteiger partial charge in [-0.3, -0.25) is 0 Å². The van der Waals surface area contributed by atoms with Crippen LogP contribution >= 0.6 is 0 Å². The summed E-state index contributed by atoms with van der Waals surface area (Å²) in [5.41, 5.74) is 0. The monoisotopic (exact) mass is 236 g/mol. The Labute approximate surface area is 107 Å².